The van der Waals surface area contributed by atoms with Gasteiger partial charge >= 0.3 is 0 Å². The quantitative estimate of drug-likeness (QED) is 0.724. The smallest absolute Gasteiger partial charge is 0.133 e. The summed E-state index contributed by atoms with van der Waals surface area (Å²) in [7, 11) is 0. The van der Waals surface area contributed by atoms with Gasteiger partial charge < -0.3 is 15.2 Å². The number of nitrogens with zero attached hydrogens (tertiary/aromatic N) is 1. The van der Waals surface area contributed by atoms with Gasteiger partial charge in [-0.15, -0.1) is 0 Å². The second-order valence-corrected chi connectivity index (χ2v) is 4.78. The summed E-state index contributed by atoms with van der Waals surface area (Å²) in [6, 6.07) is 1.95. The molecule has 4 heteroatoms. The molecule has 15 heavy (non-hydrogen) atoms. The van der Waals surface area contributed by atoms with Gasteiger partial charge in [0.05, 0.1) is 5.69 Å². The second kappa shape index (κ2) is 5.28. The highest BCUT2D eigenvalue weighted by molar-refractivity contribution is 5.02. The van der Waals surface area contributed by atoms with Crippen molar-refractivity contribution in [1.82, 2.24) is 15.8 Å². The normalized spacial score (nSPS) is 12.0. The van der Waals surface area contributed by atoms with Crippen molar-refractivity contribution in [3.63, 3.8) is 0 Å². The molecule has 0 atom stereocenters. The van der Waals surface area contributed by atoms with E-state index in [1.165, 1.54) is 0 Å². The first-order valence-corrected chi connectivity index (χ1v) is 5.35. The summed E-state index contributed by atoms with van der Waals surface area (Å²) < 4.78 is 4.97. The molecule has 0 unspecified atom stereocenters. The van der Waals surface area contributed by atoms with E-state index in [4.69, 9.17) is 4.52 Å². The minimum absolute atomic E-state index is 0.187. The third kappa shape index (κ3) is 5.54. The average molecular weight is 211 g/mol. The van der Waals surface area contributed by atoms with E-state index in [1.807, 2.05) is 13.0 Å². The highest BCUT2D eigenvalue weighted by Crippen LogP contribution is 2.00. The van der Waals surface area contributed by atoms with E-state index in [1.54, 1.807) is 0 Å². The molecule has 0 aliphatic heterocycles. The van der Waals surface area contributed by atoms with Crippen LogP contribution in [0.3, 0.4) is 0 Å². The van der Waals surface area contributed by atoms with Gasteiger partial charge in [0.25, 0.3) is 0 Å². The van der Waals surface area contributed by atoms with Gasteiger partial charge in [-0.05, 0) is 27.7 Å². The fourth-order valence-corrected chi connectivity index (χ4v) is 1.24. The third-order valence-corrected chi connectivity index (χ3v) is 1.94. The van der Waals surface area contributed by atoms with Crippen LogP contribution in [0.4, 0.5) is 0 Å². The van der Waals surface area contributed by atoms with Crippen molar-refractivity contribution < 1.29 is 4.52 Å². The van der Waals surface area contributed by atoms with Crippen molar-refractivity contribution in [3.8, 4) is 0 Å². The molecule has 0 spiro atoms. The third-order valence-electron chi connectivity index (χ3n) is 1.94. The van der Waals surface area contributed by atoms with Gasteiger partial charge in [-0.25, -0.2) is 0 Å². The zero-order chi connectivity index (χ0) is 11.3. The number of nitrogens with one attached hydrogen (secondary N) is 2. The van der Waals surface area contributed by atoms with Gasteiger partial charge in [0, 0.05) is 31.2 Å². The van der Waals surface area contributed by atoms with Crippen molar-refractivity contribution in [2.75, 3.05) is 13.1 Å². The minimum Gasteiger partial charge on any atom is -0.361 e. The molecule has 0 radical (unpaired) electrons. The maximum absolute atomic E-state index is 4.97. The number of hydrogen-bond acceptors (Lipinski definition) is 4. The van der Waals surface area contributed by atoms with Crippen LogP contribution in [0.1, 0.15) is 32.2 Å². The first-order valence-electron chi connectivity index (χ1n) is 5.35. The van der Waals surface area contributed by atoms with Crippen molar-refractivity contribution in [3.05, 3.63) is 17.5 Å². The lowest BCUT2D eigenvalue weighted by molar-refractivity contribution is 0.386. The summed E-state index contributed by atoms with van der Waals surface area (Å²) in [6.07, 6.45) is 0. The lowest BCUT2D eigenvalue weighted by Crippen LogP contribution is -2.40. The maximum atomic E-state index is 4.97. The van der Waals surface area contributed by atoms with E-state index < -0.39 is 0 Å². The molecule has 0 aromatic carbocycles. The van der Waals surface area contributed by atoms with E-state index in [2.05, 4.69) is 36.6 Å². The first kappa shape index (κ1) is 12.2. The monoisotopic (exact) mass is 211 g/mol. The number of hydrogen-bond donors (Lipinski definition) is 2. The molecule has 86 valence electrons. The standard InChI is InChI=1S/C11H21N3O/c1-9-7-10(14-15-9)8-12-5-6-13-11(2,3)4/h7,12-13H,5-6,8H2,1-4H3. The van der Waals surface area contributed by atoms with E-state index in [0.717, 1.165) is 31.1 Å². The summed E-state index contributed by atoms with van der Waals surface area (Å²) in [5, 5.41) is 10.6. The van der Waals surface area contributed by atoms with Gasteiger partial charge in [-0.3, -0.25) is 0 Å². The number of aromatic nitrogens is 1. The number of rotatable bonds is 5. The topological polar surface area (TPSA) is 50.1 Å². The summed E-state index contributed by atoms with van der Waals surface area (Å²) in [5.74, 6) is 0.861. The zero-order valence-corrected chi connectivity index (χ0v) is 10.1. The Morgan fingerprint density at radius 1 is 1.33 bits per heavy atom. The molecule has 0 aliphatic carbocycles. The van der Waals surface area contributed by atoms with Crippen molar-refractivity contribution >= 4 is 0 Å². The summed E-state index contributed by atoms with van der Waals surface area (Å²) in [6.45, 7) is 11.0. The van der Waals surface area contributed by atoms with E-state index in [-0.39, 0.29) is 5.54 Å². The Labute approximate surface area is 91.4 Å². The van der Waals surface area contributed by atoms with Crippen LogP contribution in [0.2, 0.25) is 0 Å². The lowest BCUT2D eigenvalue weighted by Gasteiger charge is -2.20. The Morgan fingerprint density at radius 3 is 2.60 bits per heavy atom. The molecular formula is C11H21N3O. The summed E-state index contributed by atoms with van der Waals surface area (Å²) in [4.78, 5) is 0. The predicted octanol–water partition coefficient (Wildman–Crippen LogP) is 1.46. The van der Waals surface area contributed by atoms with Crippen molar-refractivity contribution in [1.29, 1.82) is 0 Å². The minimum atomic E-state index is 0.187. The maximum Gasteiger partial charge on any atom is 0.133 e. The van der Waals surface area contributed by atoms with Gasteiger partial charge in [-0.2, -0.15) is 0 Å². The van der Waals surface area contributed by atoms with Crippen LogP contribution in [0.5, 0.6) is 0 Å². The molecular weight excluding hydrogens is 190 g/mol. The second-order valence-electron chi connectivity index (χ2n) is 4.78. The fraction of sp³-hybridized carbons (Fsp3) is 0.727. The SMILES string of the molecule is Cc1cc(CNCCNC(C)(C)C)no1. The Morgan fingerprint density at radius 2 is 2.07 bits per heavy atom. The van der Waals surface area contributed by atoms with Crippen molar-refractivity contribution in [2.45, 2.75) is 39.8 Å². The molecule has 0 saturated carbocycles. The molecule has 0 amide bonds. The van der Waals surface area contributed by atoms with Gasteiger partial charge in [-0.1, -0.05) is 5.16 Å². The van der Waals surface area contributed by atoms with Crippen LogP contribution < -0.4 is 10.6 Å². The molecule has 2 N–H and O–H groups in total. The largest absolute Gasteiger partial charge is 0.361 e. The van der Waals surface area contributed by atoms with Crippen molar-refractivity contribution in [2.24, 2.45) is 0 Å². The fourth-order valence-electron chi connectivity index (χ4n) is 1.24. The molecule has 4 nitrogen and oxygen atoms in total. The Kier molecular flexibility index (Phi) is 4.29. The van der Waals surface area contributed by atoms with Gasteiger partial charge in [0.1, 0.15) is 5.76 Å². The van der Waals surface area contributed by atoms with Gasteiger partial charge in [0.2, 0.25) is 0 Å². The van der Waals surface area contributed by atoms with Crippen LogP contribution in [-0.2, 0) is 6.54 Å². The van der Waals surface area contributed by atoms with Crippen LogP contribution in [0.15, 0.2) is 10.6 Å². The average Bonchev–Trinajstić information content (AvgIpc) is 2.49. The summed E-state index contributed by atoms with van der Waals surface area (Å²) >= 11 is 0. The zero-order valence-electron chi connectivity index (χ0n) is 10.1. The molecule has 0 bridgehead atoms. The Hall–Kier alpha value is -0.870. The molecule has 1 aromatic rings. The molecule has 0 fully saturated rings. The first-order chi connectivity index (χ1) is 6.97. The molecule has 0 aliphatic rings. The van der Waals surface area contributed by atoms with E-state index in [0.29, 0.717) is 0 Å². The molecule has 1 heterocycles. The predicted molar refractivity (Wildman–Crippen MR) is 60.7 cm³/mol. The van der Waals surface area contributed by atoms with Crippen LogP contribution >= 0.6 is 0 Å². The molecule has 1 rings (SSSR count). The molecule has 0 saturated heterocycles. The van der Waals surface area contributed by atoms with Crippen LogP contribution in [0, 0.1) is 6.92 Å². The van der Waals surface area contributed by atoms with Crippen LogP contribution in [-0.4, -0.2) is 23.8 Å². The highest BCUT2D eigenvalue weighted by Gasteiger charge is 2.07. The van der Waals surface area contributed by atoms with Crippen LogP contribution in [0.25, 0.3) is 0 Å². The Bertz CT molecular complexity index is 288. The van der Waals surface area contributed by atoms with E-state index in [9.17, 15) is 0 Å². The molecule has 1 aromatic heterocycles. The van der Waals surface area contributed by atoms with E-state index >= 15 is 0 Å². The summed E-state index contributed by atoms with van der Waals surface area (Å²) in [5.41, 5.74) is 1.15. The van der Waals surface area contributed by atoms with Gasteiger partial charge in [0.15, 0.2) is 0 Å². The highest BCUT2D eigenvalue weighted by atomic mass is 16.5. The Balaban J connectivity index is 2.07. The lowest BCUT2D eigenvalue weighted by atomic mass is 10.1. The number of aryl methyl sites for hydroxylation is 1.